The minimum atomic E-state index is -0.417. The van der Waals surface area contributed by atoms with E-state index < -0.39 is 5.97 Å². The molecule has 0 radical (unpaired) electrons. The summed E-state index contributed by atoms with van der Waals surface area (Å²) < 4.78 is 9.88. The summed E-state index contributed by atoms with van der Waals surface area (Å²) >= 11 is 6.86. The number of nitrogens with zero attached hydrogens (tertiary/aromatic N) is 2. The molecule has 4 rings (SSSR count). The Kier molecular flexibility index (Phi) is 6.68. The summed E-state index contributed by atoms with van der Waals surface area (Å²) in [6.45, 7) is 2.95. The van der Waals surface area contributed by atoms with Crippen LogP contribution in [0.15, 0.2) is 81.7 Å². The highest BCUT2D eigenvalue weighted by atomic mass is 79.9. The lowest BCUT2D eigenvalue weighted by atomic mass is 10.1. The van der Waals surface area contributed by atoms with Gasteiger partial charge >= 0.3 is 5.97 Å². The van der Waals surface area contributed by atoms with E-state index in [0.29, 0.717) is 11.3 Å². The van der Waals surface area contributed by atoms with Crippen LogP contribution in [0, 0.1) is 0 Å². The molecule has 0 amide bonds. The Morgan fingerprint density at radius 3 is 2.19 bits per heavy atom. The van der Waals surface area contributed by atoms with Crippen molar-refractivity contribution < 1.29 is 9.53 Å². The van der Waals surface area contributed by atoms with Crippen LogP contribution in [0.1, 0.15) is 35.1 Å². The van der Waals surface area contributed by atoms with E-state index in [9.17, 15) is 4.79 Å². The van der Waals surface area contributed by atoms with E-state index in [-0.39, 0.29) is 0 Å². The summed E-state index contributed by atoms with van der Waals surface area (Å²) in [7, 11) is 0. The second kappa shape index (κ2) is 9.62. The molecule has 4 aromatic rings. The number of hydrogen-bond donors (Lipinski definition) is 0. The molecule has 4 nitrogen and oxygen atoms in total. The Morgan fingerprint density at radius 2 is 1.55 bits per heavy atom. The number of rotatable bonds is 6. The molecule has 3 aromatic carbocycles. The maximum Gasteiger partial charge on any atom is 0.343 e. The number of ether oxygens (including phenoxy) is 1. The molecule has 156 valence electrons. The fourth-order valence-electron chi connectivity index (χ4n) is 3.31. The van der Waals surface area contributed by atoms with Crippen LogP contribution in [0.5, 0.6) is 0 Å². The lowest BCUT2D eigenvalue weighted by Crippen LogP contribution is -2.06. The van der Waals surface area contributed by atoms with Crippen LogP contribution in [0.25, 0.3) is 22.9 Å². The lowest BCUT2D eigenvalue weighted by molar-refractivity contribution is 0.0693. The third-order valence-corrected chi connectivity index (χ3v) is 5.86. The van der Waals surface area contributed by atoms with Gasteiger partial charge in [0.1, 0.15) is 11.6 Å². The highest BCUT2D eigenvalue weighted by Gasteiger charge is 2.15. The van der Waals surface area contributed by atoms with Crippen molar-refractivity contribution in [2.75, 3.05) is 0 Å². The fraction of sp³-hybridized carbons (Fsp3) is 0.120. The molecule has 31 heavy (non-hydrogen) atoms. The van der Waals surface area contributed by atoms with Crippen LogP contribution in [0.2, 0.25) is 0 Å². The quantitative estimate of drug-likeness (QED) is 0.190. The van der Waals surface area contributed by atoms with E-state index in [2.05, 4.69) is 49.4 Å². The SMILES string of the molecule is CCCn1c(/C=C(\OC(=O)c2ccc(Br)cc2)c2ccc(Br)cc2)nc2ccccc21. The summed E-state index contributed by atoms with van der Waals surface area (Å²) in [5, 5.41) is 0. The van der Waals surface area contributed by atoms with E-state index in [4.69, 9.17) is 9.72 Å². The summed E-state index contributed by atoms with van der Waals surface area (Å²) in [5.74, 6) is 0.789. The Bertz CT molecular complexity index is 1240. The van der Waals surface area contributed by atoms with Gasteiger partial charge in [-0.3, -0.25) is 0 Å². The van der Waals surface area contributed by atoms with Gasteiger partial charge in [0.2, 0.25) is 0 Å². The Morgan fingerprint density at radius 1 is 0.935 bits per heavy atom. The Hall–Kier alpha value is -2.70. The molecule has 0 saturated carbocycles. The number of imidazole rings is 1. The van der Waals surface area contributed by atoms with Crippen molar-refractivity contribution >= 4 is 60.7 Å². The number of hydrogen-bond acceptors (Lipinski definition) is 3. The van der Waals surface area contributed by atoms with Crippen LogP contribution < -0.4 is 0 Å². The van der Waals surface area contributed by atoms with Crippen molar-refractivity contribution in [2.45, 2.75) is 19.9 Å². The predicted octanol–water partition coefficient (Wildman–Crippen LogP) is 7.33. The topological polar surface area (TPSA) is 44.1 Å². The second-order valence-corrected chi connectivity index (χ2v) is 8.85. The van der Waals surface area contributed by atoms with Crippen molar-refractivity contribution in [1.82, 2.24) is 9.55 Å². The molecule has 0 atom stereocenters. The van der Waals surface area contributed by atoms with Gasteiger partial charge in [0.15, 0.2) is 0 Å². The molecule has 0 aliphatic carbocycles. The second-order valence-electron chi connectivity index (χ2n) is 7.02. The molecule has 0 unspecified atom stereocenters. The van der Waals surface area contributed by atoms with Crippen molar-refractivity contribution in [3.63, 3.8) is 0 Å². The molecule has 0 N–H and O–H groups in total. The lowest BCUT2D eigenvalue weighted by Gasteiger charge is -2.11. The predicted molar refractivity (Wildman–Crippen MR) is 132 cm³/mol. The van der Waals surface area contributed by atoms with E-state index in [1.807, 2.05) is 60.7 Å². The monoisotopic (exact) mass is 538 g/mol. The molecule has 0 saturated heterocycles. The molecule has 0 aliphatic heterocycles. The van der Waals surface area contributed by atoms with Crippen molar-refractivity contribution in [1.29, 1.82) is 0 Å². The smallest absolute Gasteiger partial charge is 0.343 e. The number of aromatic nitrogens is 2. The zero-order valence-corrected chi connectivity index (χ0v) is 20.1. The number of esters is 1. The Balaban J connectivity index is 1.79. The van der Waals surface area contributed by atoms with E-state index >= 15 is 0 Å². The summed E-state index contributed by atoms with van der Waals surface area (Å²) in [6, 6.07) is 22.8. The zero-order chi connectivity index (χ0) is 21.8. The molecule has 0 fully saturated rings. The highest BCUT2D eigenvalue weighted by Crippen LogP contribution is 2.26. The largest absolute Gasteiger partial charge is 0.422 e. The van der Waals surface area contributed by atoms with Crippen molar-refractivity contribution in [3.05, 3.63) is 98.7 Å². The van der Waals surface area contributed by atoms with Gasteiger partial charge in [0.25, 0.3) is 0 Å². The standard InChI is InChI=1S/C25H20Br2N2O2/c1-2-15-29-22-6-4-3-5-21(22)28-24(29)16-23(17-7-11-19(26)12-8-17)31-25(30)18-9-13-20(27)14-10-18/h3-14,16H,2,15H2,1H3/b23-16-. The zero-order valence-electron chi connectivity index (χ0n) is 16.9. The van der Waals surface area contributed by atoms with Crippen LogP contribution in [-0.4, -0.2) is 15.5 Å². The molecular weight excluding hydrogens is 520 g/mol. The van der Waals surface area contributed by atoms with Crippen LogP contribution >= 0.6 is 31.9 Å². The maximum absolute atomic E-state index is 12.9. The molecular formula is C25H20Br2N2O2. The third kappa shape index (κ3) is 4.97. The third-order valence-electron chi connectivity index (χ3n) is 4.80. The van der Waals surface area contributed by atoms with Crippen LogP contribution in [-0.2, 0) is 11.3 Å². The number of benzene rings is 3. The molecule has 1 aromatic heterocycles. The highest BCUT2D eigenvalue weighted by molar-refractivity contribution is 9.10. The first-order chi connectivity index (χ1) is 15.0. The first-order valence-corrected chi connectivity index (χ1v) is 11.5. The molecule has 1 heterocycles. The molecule has 0 spiro atoms. The number of carbonyl (C=O) groups excluding carboxylic acids is 1. The van der Waals surface area contributed by atoms with E-state index in [1.165, 1.54) is 0 Å². The summed E-state index contributed by atoms with van der Waals surface area (Å²) in [4.78, 5) is 17.7. The van der Waals surface area contributed by atoms with Gasteiger partial charge in [0, 0.05) is 27.1 Å². The number of aryl methyl sites for hydroxylation is 1. The van der Waals surface area contributed by atoms with Gasteiger partial charge in [-0.2, -0.15) is 0 Å². The van der Waals surface area contributed by atoms with E-state index in [0.717, 1.165) is 44.3 Å². The van der Waals surface area contributed by atoms with Gasteiger partial charge in [-0.15, -0.1) is 0 Å². The van der Waals surface area contributed by atoms with Gasteiger partial charge < -0.3 is 9.30 Å². The van der Waals surface area contributed by atoms with Crippen LogP contribution in [0.3, 0.4) is 0 Å². The molecule has 6 heteroatoms. The van der Waals surface area contributed by atoms with Gasteiger partial charge in [-0.05, 0) is 55.0 Å². The number of fused-ring (bicyclic) bond motifs is 1. The minimum Gasteiger partial charge on any atom is -0.422 e. The van der Waals surface area contributed by atoms with E-state index in [1.54, 1.807) is 12.1 Å². The van der Waals surface area contributed by atoms with Gasteiger partial charge in [0.05, 0.1) is 16.6 Å². The van der Waals surface area contributed by atoms with Crippen LogP contribution in [0.4, 0.5) is 0 Å². The summed E-state index contributed by atoms with van der Waals surface area (Å²) in [6.07, 6.45) is 2.81. The summed E-state index contributed by atoms with van der Waals surface area (Å²) in [5.41, 5.74) is 3.25. The molecule has 0 aliphatic rings. The number of halogens is 2. The molecule has 0 bridgehead atoms. The van der Waals surface area contributed by atoms with Gasteiger partial charge in [-0.25, -0.2) is 9.78 Å². The van der Waals surface area contributed by atoms with Crippen molar-refractivity contribution in [3.8, 4) is 0 Å². The average molecular weight is 540 g/mol. The Labute approximate surface area is 197 Å². The normalized spacial score (nSPS) is 11.6. The first-order valence-electron chi connectivity index (χ1n) is 9.96. The first kappa shape index (κ1) is 21.5. The average Bonchev–Trinajstić information content (AvgIpc) is 3.12. The number of para-hydroxylation sites is 2. The number of carbonyl (C=O) groups is 1. The van der Waals surface area contributed by atoms with Gasteiger partial charge in [-0.1, -0.05) is 63.0 Å². The minimum absolute atomic E-state index is 0.417. The van der Waals surface area contributed by atoms with Crippen molar-refractivity contribution in [2.24, 2.45) is 0 Å². The fourth-order valence-corrected chi connectivity index (χ4v) is 3.84. The maximum atomic E-state index is 12.9.